The van der Waals surface area contributed by atoms with Crippen molar-refractivity contribution in [2.24, 2.45) is 5.41 Å². The SMILES string of the molecule is CCCc1cnn(C2CC(O)CCC23CCCC3)c1. The zero-order valence-electron chi connectivity index (χ0n) is 12.0. The van der Waals surface area contributed by atoms with Gasteiger partial charge >= 0.3 is 0 Å². The highest BCUT2D eigenvalue weighted by Gasteiger charge is 2.46. The lowest BCUT2D eigenvalue weighted by Gasteiger charge is -2.43. The highest BCUT2D eigenvalue weighted by Crippen LogP contribution is 2.54. The van der Waals surface area contributed by atoms with Crippen molar-refractivity contribution in [3.8, 4) is 0 Å². The highest BCUT2D eigenvalue weighted by molar-refractivity contribution is 5.07. The summed E-state index contributed by atoms with van der Waals surface area (Å²) in [5, 5.41) is 14.7. The maximum absolute atomic E-state index is 10.1. The van der Waals surface area contributed by atoms with E-state index >= 15 is 0 Å². The lowest BCUT2D eigenvalue weighted by Crippen LogP contribution is -2.38. The monoisotopic (exact) mass is 262 g/mol. The van der Waals surface area contributed by atoms with Crippen LogP contribution in [0.3, 0.4) is 0 Å². The average Bonchev–Trinajstić information content (AvgIpc) is 3.03. The smallest absolute Gasteiger partial charge is 0.0600 e. The van der Waals surface area contributed by atoms with Gasteiger partial charge in [0.15, 0.2) is 0 Å². The molecule has 0 aromatic carbocycles. The van der Waals surface area contributed by atoms with Crippen LogP contribution >= 0.6 is 0 Å². The van der Waals surface area contributed by atoms with Crippen LogP contribution in [0.5, 0.6) is 0 Å². The van der Waals surface area contributed by atoms with E-state index in [1.807, 2.05) is 6.20 Å². The third kappa shape index (κ3) is 2.45. The van der Waals surface area contributed by atoms with Gasteiger partial charge in [-0.1, -0.05) is 26.2 Å². The standard InChI is InChI=1S/C16H26N2O/c1-2-5-13-11-17-18(12-13)15-10-14(19)6-9-16(15)7-3-4-8-16/h11-12,14-15,19H,2-10H2,1H3. The van der Waals surface area contributed by atoms with E-state index in [1.54, 1.807) is 0 Å². The van der Waals surface area contributed by atoms with Gasteiger partial charge in [-0.2, -0.15) is 5.10 Å². The van der Waals surface area contributed by atoms with Crippen molar-refractivity contribution in [1.29, 1.82) is 0 Å². The van der Waals surface area contributed by atoms with Crippen molar-refractivity contribution in [3.63, 3.8) is 0 Å². The summed E-state index contributed by atoms with van der Waals surface area (Å²) in [5.41, 5.74) is 1.77. The molecule has 3 nitrogen and oxygen atoms in total. The molecule has 2 fully saturated rings. The fourth-order valence-electron chi connectivity index (χ4n) is 4.26. The van der Waals surface area contributed by atoms with E-state index in [9.17, 15) is 5.11 Å². The third-order valence-corrected chi connectivity index (χ3v) is 5.29. The molecule has 1 heterocycles. The summed E-state index contributed by atoms with van der Waals surface area (Å²) in [4.78, 5) is 0. The van der Waals surface area contributed by atoms with Gasteiger partial charge in [0, 0.05) is 6.20 Å². The van der Waals surface area contributed by atoms with Gasteiger partial charge in [-0.25, -0.2) is 0 Å². The van der Waals surface area contributed by atoms with Gasteiger partial charge in [0.25, 0.3) is 0 Å². The second-order valence-corrected chi connectivity index (χ2v) is 6.59. The van der Waals surface area contributed by atoms with Gasteiger partial charge in [-0.3, -0.25) is 4.68 Å². The molecule has 0 radical (unpaired) electrons. The zero-order valence-corrected chi connectivity index (χ0v) is 12.0. The number of hydrogen-bond acceptors (Lipinski definition) is 2. The molecule has 2 aliphatic rings. The Bertz CT molecular complexity index is 420. The normalized spacial score (nSPS) is 30.0. The summed E-state index contributed by atoms with van der Waals surface area (Å²) >= 11 is 0. The van der Waals surface area contributed by atoms with Gasteiger partial charge in [-0.15, -0.1) is 0 Å². The number of aliphatic hydroxyl groups is 1. The Morgan fingerprint density at radius 3 is 2.89 bits per heavy atom. The molecule has 2 unspecified atom stereocenters. The van der Waals surface area contributed by atoms with Gasteiger partial charge in [0.1, 0.15) is 0 Å². The zero-order chi connectivity index (χ0) is 13.3. The van der Waals surface area contributed by atoms with Crippen LogP contribution in [0.2, 0.25) is 0 Å². The van der Waals surface area contributed by atoms with Gasteiger partial charge < -0.3 is 5.11 Å². The van der Waals surface area contributed by atoms with Crippen molar-refractivity contribution in [2.45, 2.75) is 76.9 Å². The first-order chi connectivity index (χ1) is 9.23. The molecular weight excluding hydrogens is 236 g/mol. The predicted molar refractivity (Wildman–Crippen MR) is 76.0 cm³/mol. The minimum Gasteiger partial charge on any atom is -0.393 e. The molecule has 1 N–H and O–H groups in total. The number of nitrogens with zero attached hydrogens (tertiary/aromatic N) is 2. The Hall–Kier alpha value is -0.830. The van der Waals surface area contributed by atoms with E-state index in [-0.39, 0.29) is 6.10 Å². The van der Waals surface area contributed by atoms with Crippen molar-refractivity contribution in [1.82, 2.24) is 9.78 Å². The highest BCUT2D eigenvalue weighted by atomic mass is 16.3. The lowest BCUT2D eigenvalue weighted by molar-refractivity contribution is 0.0124. The number of hydrogen-bond donors (Lipinski definition) is 1. The van der Waals surface area contributed by atoms with Crippen LogP contribution < -0.4 is 0 Å². The summed E-state index contributed by atoms with van der Waals surface area (Å²) in [7, 11) is 0. The minimum atomic E-state index is -0.130. The fraction of sp³-hybridized carbons (Fsp3) is 0.812. The molecule has 0 aliphatic heterocycles. The number of aliphatic hydroxyl groups excluding tert-OH is 1. The Labute approximate surface area is 116 Å². The fourth-order valence-corrected chi connectivity index (χ4v) is 4.26. The van der Waals surface area contributed by atoms with Gasteiger partial charge in [0.05, 0.1) is 18.3 Å². The van der Waals surface area contributed by atoms with Crippen molar-refractivity contribution < 1.29 is 5.11 Å². The summed E-state index contributed by atoms with van der Waals surface area (Å²) < 4.78 is 2.18. The van der Waals surface area contributed by atoms with E-state index in [0.717, 1.165) is 19.3 Å². The number of aryl methyl sites for hydroxylation is 1. The van der Waals surface area contributed by atoms with Crippen LogP contribution in [-0.4, -0.2) is 21.0 Å². The first-order valence-corrected chi connectivity index (χ1v) is 7.94. The van der Waals surface area contributed by atoms with E-state index in [4.69, 9.17) is 0 Å². The number of aromatic nitrogens is 2. The first kappa shape index (κ1) is 13.2. The maximum Gasteiger partial charge on any atom is 0.0600 e. The Morgan fingerprint density at radius 1 is 1.37 bits per heavy atom. The Balaban J connectivity index is 1.85. The minimum absolute atomic E-state index is 0.130. The van der Waals surface area contributed by atoms with Crippen LogP contribution in [0.15, 0.2) is 12.4 Å². The van der Waals surface area contributed by atoms with Crippen molar-refractivity contribution in [3.05, 3.63) is 18.0 Å². The molecule has 2 aliphatic carbocycles. The maximum atomic E-state index is 10.1. The topological polar surface area (TPSA) is 38.0 Å². The summed E-state index contributed by atoms with van der Waals surface area (Å²) in [6.07, 6.45) is 14.8. The molecule has 19 heavy (non-hydrogen) atoms. The van der Waals surface area contributed by atoms with Crippen LogP contribution in [-0.2, 0) is 6.42 Å². The van der Waals surface area contributed by atoms with E-state index < -0.39 is 0 Å². The second-order valence-electron chi connectivity index (χ2n) is 6.59. The van der Waals surface area contributed by atoms with Crippen molar-refractivity contribution in [2.75, 3.05) is 0 Å². The average molecular weight is 262 g/mol. The summed E-state index contributed by atoms with van der Waals surface area (Å²) in [5.74, 6) is 0. The molecular formula is C16H26N2O. The third-order valence-electron chi connectivity index (χ3n) is 5.29. The Morgan fingerprint density at radius 2 is 2.16 bits per heavy atom. The largest absolute Gasteiger partial charge is 0.393 e. The molecule has 1 aromatic heterocycles. The molecule has 3 rings (SSSR count). The molecule has 0 saturated heterocycles. The van der Waals surface area contributed by atoms with Crippen LogP contribution in [0, 0.1) is 5.41 Å². The first-order valence-electron chi connectivity index (χ1n) is 7.94. The molecule has 106 valence electrons. The number of rotatable bonds is 3. The van der Waals surface area contributed by atoms with Crippen LogP contribution in [0.25, 0.3) is 0 Å². The molecule has 2 atom stereocenters. The van der Waals surface area contributed by atoms with Crippen LogP contribution in [0.4, 0.5) is 0 Å². The van der Waals surface area contributed by atoms with E-state index in [0.29, 0.717) is 11.5 Å². The summed E-state index contributed by atoms with van der Waals surface area (Å²) in [6, 6.07) is 0.421. The molecule has 2 saturated carbocycles. The van der Waals surface area contributed by atoms with E-state index in [2.05, 4.69) is 22.9 Å². The second kappa shape index (κ2) is 5.28. The Kier molecular flexibility index (Phi) is 3.66. The molecule has 0 amide bonds. The summed E-state index contributed by atoms with van der Waals surface area (Å²) in [6.45, 7) is 2.21. The van der Waals surface area contributed by atoms with Crippen molar-refractivity contribution >= 4 is 0 Å². The molecule has 1 aromatic rings. The lowest BCUT2D eigenvalue weighted by atomic mass is 9.68. The van der Waals surface area contributed by atoms with Crippen LogP contribution in [0.1, 0.15) is 69.9 Å². The molecule has 0 bridgehead atoms. The van der Waals surface area contributed by atoms with Gasteiger partial charge in [-0.05, 0) is 49.5 Å². The molecule has 1 spiro atoms. The molecule has 3 heteroatoms. The van der Waals surface area contributed by atoms with Gasteiger partial charge in [0.2, 0.25) is 0 Å². The van der Waals surface area contributed by atoms with E-state index in [1.165, 1.54) is 44.1 Å². The quantitative estimate of drug-likeness (QED) is 0.905. The predicted octanol–water partition coefficient (Wildman–Crippen LogP) is 3.48.